The van der Waals surface area contributed by atoms with Crippen LogP contribution in [0.4, 0.5) is 0 Å². The normalized spacial score (nSPS) is 12.2. The van der Waals surface area contributed by atoms with E-state index in [0.717, 1.165) is 31.4 Å². The lowest BCUT2D eigenvalue weighted by Crippen LogP contribution is -2.18. The Bertz CT molecular complexity index is 386. The summed E-state index contributed by atoms with van der Waals surface area (Å²) in [5, 5.41) is 0. The molecule has 1 aromatic carbocycles. The molecule has 0 aliphatic carbocycles. The standard InChI is InChI=1S/C16H24O4/c1-4-11-18-16(5-2)19-12-10-14-6-8-15(9-7-14)20-13(3)17/h6-9,16H,4-5,10-12H2,1-3H3. The van der Waals surface area contributed by atoms with Crippen molar-refractivity contribution in [3.8, 4) is 5.75 Å². The quantitative estimate of drug-likeness (QED) is 0.395. The Balaban J connectivity index is 2.32. The number of rotatable bonds is 9. The third-order valence-corrected chi connectivity index (χ3v) is 2.72. The average molecular weight is 280 g/mol. The Morgan fingerprint density at radius 2 is 1.75 bits per heavy atom. The van der Waals surface area contributed by atoms with Crippen molar-refractivity contribution in [3.63, 3.8) is 0 Å². The van der Waals surface area contributed by atoms with Crippen molar-refractivity contribution in [2.24, 2.45) is 0 Å². The highest BCUT2D eigenvalue weighted by atomic mass is 16.7. The first-order valence-corrected chi connectivity index (χ1v) is 7.16. The van der Waals surface area contributed by atoms with E-state index < -0.39 is 0 Å². The molecule has 1 aromatic rings. The molecule has 0 amide bonds. The molecule has 0 spiro atoms. The molecule has 0 N–H and O–H groups in total. The highest BCUT2D eigenvalue weighted by Crippen LogP contribution is 2.13. The van der Waals surface area contributed by atoms with Crippen LogP contribution in [0.1, 0.15) is 39.2 Å². The first kappa shape index (κ1) is 16.7. The van der Waals surface area contributed by atoms with Gasteiger partial charge in [0.25, 0.3) is 0 Å². The van der Waals surface area contributed by atoms with Crippen LogP contribution in [0.15, 0.2) is 24.3 Å². The minimum absolute atomic E-state index is 0.115. The van der Waals surface area contributed by atoms with Crippen LogP contribution in [-0.4, -0.2) is 25.5 Å². The Kier molecular flexibility index (Phi) is 7.92. The molecule has 1 atom stereocenters. The number of hydrogen-bond donors (Lipinski definition) is 0. The van der Waals surface area contributed by atoms with Crippen LogP contribution in [0, 0.1) is 0 Å². The summed E-state index contributed by atoms with van der Waals surface area (Å²) in [5.41, 5.74) is 1.14. The van der Waals surface area contributed by atoms with Gasteiger partial charge in [-0.2, -0.15) is 0 Å². The number of ether oxygens (including phenoxy) is 3. The highest BCUT2D eigenvalue weighted by molar-refractivity contribution is 5.69. The summed E-state index contributed by atoms with van der Waals surface area (Å²) < 4.78 is 16.2. The van der Waals surface area contributed by atoms with Crippen molar-refractivity contribution < 1.29 is 19.0 Å². The molecular weight excluding hydrogens is 256 g/mol. The number of hydrogen-bond acceptors (Lipinski definition) is 4. The van der Waals surface area contributed by atoms with Crippen LogP contribution in [0.3, 0.4) is 0 Å². The van der Waals surface area contributed by atoms with Crippen molar-refractivity contribution in [2.45, 2.75) is 46.3 Å². The Hall–Kier alpha value is -1.39. The van der Waals surface area contributed by atoms with Crippen LogP contribution in [0.5, 0.6) is 5.75 Å². The summed E-state index contributed by atoms with van der Waals surface area (Å²) >= 11 is 0. The van der Waals surface area contributed by atoms with Gasteiger partial charge in [0, 0.05) is 13.5 Å². The smallest absolute Gasteiger partial charge is 0.308 e. The second-order valence-corrected chi connectivity index (χ2v) is 4.57. The van der Waals surface area contributed by atoms with Gasteiger partial charge in [-0.25, -0.2) is 0 Å². The zero-order valence-electron chi connectivity index (χ0n) is 12.6. The minimum Gasteiger partial charge on any atom is -0.427 e. The maximum absolute atomic E-state index is 10.8. The van der Waals surface area contributed by atoms with E-state index in [1.54, 1.807) is 12.1 Å². The van der Waals surface area contributed by atoms with Crippen LogP contribution in [-0.2, 0) is 20.7 Å². The first-order valence-electron chi connectivity index (χ1n) is 7.16. The van der Waals surface area contributed by atoms with Gasteiger partial charge in [-0.15, -0.1) is 0 Å². The van der Waals surface area contributed by atoms with Gasteiger partial charge in [0.15, 0.2) is 6.29 Å². The van der Waals surface area contributed by atoms with Crippen LogP contribution in [0.2, 0.25) is 0 Å². The second kappa shape index (κ2) is 9.50. The van der Waals surface area contributed by atoms with E-state index in [0.29, 0.717) is 12.4 Å². The molecule has 0 aliphatic heterocycles. The van der Waals surface area contributed by atoms with Crippen molar-refractivity contribution in [2.75, 3.05) is 13.2 Å². The van der Waals surface area contributed by atoms with E-state index in [4.69, 9.17) is 14.2 Å². The molecular formula is C16H24O4. The average Bonchev–Trinajstić information content (AvgIpc) is 2.44. The van der Waals surface area contributed by atoms with Gasteiger partial charge < -0.3 is 14.2 Å². The van der Waals surface area contributed by atoms with Crippen LogP contribution >= 0.6 is 0 Å². The molecule has 112 valence electrons. The van der Waals surface area contributed by atoms with Crippen molar-refractivity contribution in [3.05, 3.63) is 29.8 Å². The Labute approximate surface area is 121 Å². The lowest BCUT2D eigenvalue weighted by Gasteiger charge is -2.16. The summed E-state index contributed by atoms with van der Waals surface area (Å²) in [5.74, 6) is 0.264. The number of carbonyl (C=O) groups excluding carboxylic acids is 1. The molecule has 0 saturated heterocycles. The van der Waals surface area contributed by atoms with E-state index in [2.05, 4.69) is 6.92 Å². The highest BCUT2D eigenvalue weighted by Gasteiger charge is 2.06. The number of benzene rings is 1. The minimum atomic E-state index is -0.306. The van der Waals surface area contributed by atoms with E-state index in [1.165, 1.54) is 6.92 Å². The third kappa shape index (κ3) is 6.68. The second-order valence-electron chi connectivity index (χ2n) is 4.57. The summed E-state index contributed by atoms with van der Waals surface area (Å²) in [6, 6.07) is 7.47. The van der Waals surface area contributed by atoms with E-state index in [-0.39, 0.29) is 12.3 Å². The summed E-state index contributed by atoms with van der Waals surface area (Å²) in [4.78, 5) is 10.8. The van der Waals surface area contributed by atoms with E-state index >= 15 is 0 Å². The lowest BCUT2D eigenvalue weighted by atomic mass is 10.1. The molecule has 1 unspecified atom stereocenters. The van der Waals surface area contributed by atoms with Crippen molar-refractivity contribution >= 4 is 5.97 Å². The topological polar surface area (TPSA) is 44.8 Å². The zero-order chi connectivity index (χ0) is 14.8. The largest absolute Gasteiger partial charge is 0.427 e. The molecule has 4 nitrogen and oxygen atoms in total. The van der Waals surface area contributed by atoms with Crippen LogP contribution in [0.25, 0.3) is 0 Å². The van der Waals surface area contributed by atoms with Gasteiger partial charge in [0.2, 0.25) is 0 Å². The molecule has 0 fully saturated rings. The maximum Gasteiger partial charge on any atom is 0.308 e. The zero-order valence-corrected chi connectivity index (χ0v) is 12.6. The van der Waals surface area contributed by atoms with Crippen molar-refractivity contribution in [1.82, 2.24) is 0 Å². The molecule has 20 heavy (non-hydrogen) atoms. The predicted octanol–water partition coefficient (Wildman–Crippen LogP) is 3.33. The van der Waals surface area contributed by atoms with Gasteiger partial charge in [0.1, 0.15) is 5.75 Å². The molecule has 0 heterocycles. The summed E-state index contributed by atoms with van der Waals surface area (Å²) in [6.45, 7) is 6.87. The van der Waals surface area contributed by atoms with Crippen LogP contribution < -0.4 is 4.74 Å². The molecule has 4 heteroatoms. The molecule has 0 aliphatic rings. The van der Waals surface area contributed by atoms with E-state index in [9.17, 15) is 4.79 Å². The summed E-state index contributed by atoms with van der Waals surface area (Å²) in [6.07, 6.45) is 2.55. The molecule has 0 radical (unpaired) electrons. The third-order valence-electron chi connectivity index (χ3n) is 2.72. The Morgan fingerprint density at radius 3 is 2.30 bits per heavy atom. The van der Waals surface area contributed by atoms with Gasteiger partial charge in [-0.05, 0) is 37.0 Å². The van der Waals surface area contributed by atoms with E-state index in [1.807, 2.05) is 19.1 Å². The van der Waals surface area contributed by atoms with Gasteiger partial charge >= 0.3 is 5.97 Å². The molecule has 0 aromatic heterocycles. The fourth-order valence-corrected chi connectivity index (χ4v) is 1.73. The fraction of sp³-hybridized carbons (Fsp3) is 0.562. The molecule has 1 rings (SSSR count). The van der Waals surface area contributed by atoms with Gasteiger partial charge in [-0.3, -0.25) is 4.79 Å². The Morgan fingerprint density at radius 1 is 1.10 bits per heavy atom. The van der Waals surface area contributed by atoms with Gasteiger partial charge in [0.05, 0.1) is 6.61 Å². The monoisotopic (exact) mass is 280 g/mol. The van der Waals surface area contributed by atoms with Gasteiger partial charge in [-0.1, -0.05) is 26.0 Å². The van der Waals surface area contributed by atoms with Crippen molar-refractivity contribution in [1.29, 1.82) is 0 Å². The maximum atomic E-state index is 10.8. The summed E-state index contributed by atoms with van der Waals surface area (Å²) in [7, 11) is 0. The predicted molar refractivity (Wildman–Crippen MR) is 77.7 cm³/mol. The first-order chi connectivity index (χ1) is 9.65. The molecule has 0 saturated carbocycles. The number of esters is 1. The number of carbonyl (C=O) groups is 1. The SMILES string of the molecule is CCCOC(CC)OCCc1ccc(OC(C)=O)cc1. The lowest BCUT2D eigenvalue weighted by molar-refractivity contribution is -0.142. The molecule has 0 bridgehead atoms. The fourth-order valence-electron chi connectivity index (χ4n) is 1.73.